The molecular formula is C24H35NO8. The molecule has 2 N–H and O–H groups in total. The Morgan fingerprint density at radius 2 is 1.55 bits per heavy atom. The lowest BCUT2D eigenvalue weighted by molar-refractivity contribution is -0.166. The van der Waals surface area contributed by atoms with Crippen LogP contribution in [0.5, 0.6) is 11.5 Å². The van der Waals surface area contributed by atoms with Crippen molar-refractivity contribution in [3.05, 3.63) is 23.8 Å². The summed E-state index contributed by atoms with van der Waals surface area (Å²) in [5.41, 5.74) is 5.93. The first-order chi connectivity index (χ1) is 15.4. The van der Waals surface area contributed by atoms with Crippen molar-refractivity contribution in [1.29, 1.82) is 0 Å². The molecule has 0 saturated heterocycles. The summed E-state index contributed by atoms with van der Waals surface area (Å²) in [7, 11) is 0. The van der Waals surface area contributed by atoms with Gasteiger partial charge < -0.3 is 24.7 Å². The van der Waals surface area contributed by atoms with Gasteiger partial charge >= 0.3 is 23.9 Å². The molecule has 0 aromatic heterocycles. The van der Waals surface area contributed by atoms with Gasteiger partial charge in [0.25, 0.3) is 0 Å². The molecule has 0 aliphatic carbocycles. The molecule has 0 radical (unpaired) electrons. The number of rotatable bonds is 12. The van der Waals surface area contributed by atoms with E-state index in [-0.39, 0.29) is 43.3 Å². The summed E-state index contributed by atoms with van der Waals surface area (Å²) < 4.78 is 21.0. The summed E-state index contributed by atoms with van der Waals surface area (Å²) in [6.45, 7) is 10.2. The molecule has 33 heavy (non-hydrogen) atoms. The van der Waals surface area contributed by atoms with Gasteiger partial charge in [-0.15, -0.1) is 0 Å². The summed E-state index contributed by atoms with van der Waals surface area (Å²) in [5.74, 6) is -1.83. The highest BCUT2D eigenvalue weighted by Gasteiger charge is 2.29. The van der Waals surface area contributed by atoms with Crippen LogP contribution in [-0.2, 0) is 35.1 Å². The zero-order chi connectivity index (χ0) is 25.2. The Balaban J connectivity index is 2.76. The van der Waals surface area contributed by atoms with Gasteiger partial charge in [-0.05, 0) is 51.3 Å². The predicted octanol–water partition coefficient (Wildman–Crippen LogP) is 3.10. The van der Waals surface area contributed by atoms with E-state index in [0.29, 0.717) is 12.0 Å². The summed E-state index contributed by atoms with van der Waals surface area (Å²) in [6.07, 6.45) is 0.384. The van der Waals surface area contributed by atoms with E-state index >= 15 is 0 Å². The van der Waals surface area contributed by atoms with Crippen LogP contribution in [0.1, 0.15) is 66.4 Å². The third-order valence-corrected chi connectivity index (χ3v) is 5.00. The minimum absolute atomic E-state index is 0.0702. The summed E-state index contributed by atoms with van der Waals surface area (Å²) in [5, 5.41) is 0. The molecule has 1 rings (SSSR count). The van der Waals surface area contributed by atoms with Gasteiger partial charge in [-0.2, -0.15) is 0 Å². The Bertz CT molecular complexity index is 849. The SMILES string of the molecule is CCC(=O)Oc1ccc(C[C@H](N)C(=O)OC[C@H](C)OC(=O)C(C)(C)CC)cc1OC(=O)CC. The molecule has 1 aromatic rings. The van der Waals surface area contributed by atoms with Crippen LogP contribution in [0.15, 0.2) is 18.2 Å². The van der Waals surface area contributed by atoms with Gasteiger partial charge in [0, 0.05) is 12.8 Å². The molecule has 0 unspecified atom stereocenters. The topological polar surface area (TPSA) is 131 Å². The first kappa shape index (κ1) is 28.1. The van der Waals surface area contributed by atoms with Crippen molar-refractivity contribution in [1.82, 2.24) is 0 Å². The van der Waals surface area contributed by atoms with E-state index in [9.17, 15) is 19.2 Å². The average Bonchev–Trinajstić information content (AvgIpc) is 2.78. The van der Waals surface area contributed by atoms with Crippen LogP contribution in [0, 0.1) is 5.41 Å². The fourth-order valence-electron chi connectivity index (χ4n) is 2.40. The Morgan fingerprint density at radius 1 is 0.970 bits per heavy atom. The van der Waals surface area contributed by atoms with Crippen molar-refractivity contribution in [3.8, 4) is 11.5 Å². The van der Waals surface area contributed by atoms with E-state index in [2.05, 4.69) is 0 Å². The van der Waals surface area contributed by atoms with E-state index in [1.807, 2.05) is 6.92 Å². The van der Waals surface area contributed by atoms with Crippen LogP contribution in [0.4, 0.5) is 0 Å². The average molecular weight is 466 g/mol. The monoisotopic (exact) mass is 465 g/mol. The number of nitrogens with two attached hydrogens (primary N) is 1. The van der Waals surface area contributed by atoms with Gasteiger partial charge in [0.2, 0.25) is 0 Å². The first-order valence-electron chi connectivity index (χ1n) is 11.1. The zero-order valence-corrected chi connectivity index (χ0v) is 20.3. The molecule has 0 aliphatic rings. The van der Waals surface area contributed by atoms with E-state index in [1.54, 1.807) is 40.7 Å². The summed E-state index contributed by atoms with van der Waals surface area (Å²) >= 11 is 0. The summed E-state index contributed by atoms with van der Waals surface area (Å²) in [6, 6.07) is 3.59. The molecule has 0 saturated carbocycles. The maximum atomic E-state index is 12.3. The molecule has 9 heteroatoms. The van der Waals surface area contributed by atoms with Gasteiger partial charge in [-0.3, -0.25) is 19.2 Å². The van der Waals surface area contributed by atoms with E-state index < -0.39 is 35.5 Å². The third kappa shape index (κ3) is 9.21. The molecule has 0 aliphatic heterocycles. The number of hydrogen-bond donors (Lipinski definition) is 1. The van der Waals surface area contributed by atoms with Crippen LogP contribution in [0.25, 0.3) is 0 Å². The number of carbonyl (C=O) groups excluding carboxylic acids is 4. The Hall–Kier alpha value is -2.94. The van der Waals surface area contributed by atoms with Gasteiger partial charge in [0.05, 0.1) is 5.41 Å². The quantitative estimate of drug-likeness (QED) is 0.365. The summed E-state index contributed by atoms with van der Waals surface area (Å²) in [4.78, 5) is 47.8. The highest BCUT2D eigenvalue weighted by Crippen LogP contribution is 2.30. The molecule has 0 spiro atoms. The second-order valence-electron chi connectivity index (χ2n) is 8.33. The smallest absolute Gasteiger partial charge is 0.323 e. The lowest BCUT2D eigenvalue weighted by Gasteiger charge is -2.23. The molecule has 1 aromatic carbocycles. The van der Waals surface area contributed by atoms with Crippen molar-refractivity contribution < 1.29 is 38.1 Å². The molecular weight excluding hydrogens is 430 g/mol. The molecule has 0 heterocycles. The first-order valence-corrected chi connectivity index (χ1v) is 11.1. The minimum Gasteiger partial charge on any atom is -0.461 e. The lowest BCUT2D eigenvalue weighted by Crippen LogP contribution is -2.37. The fraction of sp³-hybridized carbons (Fsp3) is 0.583. The highest BCUT2D eigenvalue weighted by molar-refractivity contribution is 5.78. The van der Waals surface area contributed by atoms with Crippen molar-refractivity contribution in [2.75, 3.05) is 6.61 Å². The molecule has 0 amide bonds. The largest absolute Gasteiger partial charge is 0.461 e. The Morgan fingerprint density at radius 3 is 2.09 bits per heavy atom. The highest BCUT2D eigenvalue weighted by atomic mass is 16.6. The van der Waals surface area contributed by atoms with Crippen LogP contribution >= 0.6 is 0 Å². The number of ether oxygens (including phenoxy) is 4. The Labute approximate surface area is 194 Å². The minimum atomic E-state index is -1.00. The van der Waals surface area contributed by atoms with Crippen molar-refractivity contribution in [2.45, 2.75) is 79.4 Å². The van der Waals surface area contributed by atoms with Gasteiger partial charge in [-0.1, -0.05) is 26.8 Å². The second-order valence-corrected chi connectivity index (χ2v) is 8.33. The predicted molar refractivity (Wildman–Crippen MR) is 121 cm³/mol. The lowest BCUT2D eigenvalue weighted by atomic mass is 9.91. The third-order valence-electron chi connectivity index (χ3n) is 5.00. The van der Waals surface area contributed by atoms with Gasteiger partial charge in [-0.25, -0.2) is 0 Å². The van der Waals surface area contributed by atoms with Crippen LogP contribution in [0.2, 0.25) is 0 Å². The van der Waals surface area contributed by atoms with Gasteiger partial charge in [0.15, 0.2) is 11.5 Å². The van der Waals surface area contributed by atoms with E-state index in [0.717, 1.165) is 0 Å². The van der Waals surface area contributed by atoms with Crippen molar-refractivity contribution >= 4 is 23.9 Å². The molecule has 9 nitrogen and oxygen atoms in total. The number of carbonyl (C=O) groups is 4. The maximum Gasteiger partial charge on any atom is 0.323 e. The normalized spacial score (nSPS) is 12.9. The van der Waals surface area contributed by atoms with Crippen LogP contribution in [-0.4, -0.2) is 42.6 Å². The fourth-order valence-corrected chi connectivity index (χ4v) is 2.40. The molecule has 2 atom stereocenters. The number of esters is 4. The van der Waals surface area contributed by atoms with Crippen molar-refractivity contribution in [3.63, 3.8) is 0 Å². The van der Waals surface area contributed by atoms with E-state index in [1.165, 1.54) is 12.1 Å². The standard InChI is InChI=1S/C24H35NO8/c1-7-20(26)32-18-11-10-16(13-19(18)33-21(27)8-2)12-17(25)22(28)30-14-15(4)31-23(29)24(5,6)9-3/h10-11,13,15,17H,7-9,12,14,25H2,1-6H3/t15-,17-/m0/s1. The zero-order valence-electron chi connectivity index (χ0n) is 20.3. The molecule has 0 bridgehead atoms. The maximum absolute atomic E-state index is 12.3. The molecule has 184 valence electrons. The number of hydrogen-bond acceptors (Lipinski definition) is 9. The second kappa shape index (κ2) is 12.9. The Kier molecular flexibility index (Phi) is 11.0. The van der Waals surface area contributed by atoms with Crippen LogP contribution in [0.3, 0.4) is 0 Å². The molecule has 0 fully saturated rings. The number of benzene rings is 1. The van der Waals surface area contributed by atoms with Crippen LogP contribution < -0.4 is 15.2 Å². The van der Waals surface area contributed by atoms with E-state index in [4.69, 9.17) is 24.7 Å². The van der Waals surface area contributed by atoms with Crippen molar-refractivity contribution in [2.24, 2.45) is 11.1 Å². The van der Waals surface area contributed by atoms with Gasteiger partial charge in [0.1, 0.15) is 18.8 Å².